The number of carbonyl (C=O) groups excluding carboxylic acids is 1. The number of Topliss-reactive ketones (excluding diaryl/α,β-unsaturated/α-hetero) is 1. The van der Waals surface area contributed by atoms with Crippen molar-refractivity contribution in [2.75, 3.05) is 6.61 Å². The quantitative estimate of drug-likeness (QED) is 0.558. The first kappa shape index (κ1) is 18.6. The van der Waals surface area contributed by atoms with Crippen LogP contribution in [0.5, 0.6) is 0 Å². The second-order valence-electron chi connectivity index (χ2n) is 9.72. The van der Waals surface area contributed by atoms with Crippen molar-refractivity contribution >= 4 is 5.78 Å². The third kappa shape index (κ3) is 2.20. The number of rotatable bonds is 2. The Morgan fingerprint density at radius 2 is 1.92 bits per heavy atom. The fourth-order valence-electron chi connectivity index (χ4n) is 7.43. The van der Waals surface area contributed by atoms with Crippen molar-refractivity contribution in [3.05, 3.63) is 11.6 Å². The zero-order chi connectivity index (χ0) is 18.9. The molecule has 0 spiro atoms. The summed E-state index contributed by atoms with van der Waals surface area (Å²) in [6.45, 7) is 3.52. The molecule has 0 aromatic carbocycles. The molecule has 0 amide bonds. The predicted molar refractivity (Wildman–Crippen MR) is 96.1 cm³/mol. The summed E-state index contributed by atoms with van der Waals surface area (Å²) in [5.74, 6) is 0.0551. The summed E-state index contributed by atoms with van der Waals surface area (Å²) in [5.41, 5.74) is -1.04. The molecule has 0 aromatic heterocycles. The molecule has 5 nitrogen and oxygen atoms in total. The summed E-state index contributed by atoms with van der Waals surface area (Å²) in [6, 6.07) is 0. The zero-order valence-corrected chi connectivity index (χ0v) is 15.8. The molecule has 0 aliphatic heterocycles. The number of aliphatic hydroxyl groups excluding tert-OH is 3. The van der Waals surface area contributed by atoms with Crippen LogP contribution in [0.4, 0.5) is 0 Å². The summed E-state index contributed by atoms with van der Waals surface area (Å²) in [7, 11) is 0. The maximum atomic E-state index is 12.4. The van der Waals surface area contributed by atoms with Gasteiger partial charge in [0.1, 0.15) is 12.2 Å². The molecule has 3 saturated carbocycles. The van der Waals surface area contributed by atoms with E-state index in [1.165, 1.54) is 5.57 Å². The van der Waals surface area contributed by atoms with E-state index in [-0.39, 0.29) is 29.3 Å². The van der Waals surface area contributed by atoms with Crippen molar-refractivity contribution in [3.63, 3.8) is 0 Å². The molecule has 8 atom stereocenters. The zero-order valence-electron chi connectivity index (χ0n) is 15.8. The van der Waals surface area contributed by atoms with Crippen LogP contribution < -0.4 is 0 Å². The van der Waals surface area contributed by atoms with Crippen molar-refractivity contribution in [2.24, 2.45) is 28.6 Å². The Balaban J connectivity index is 1.72. The molecule has 4 N–H and O–H groups in total. The molecule has 0 radical (unpaired) electrons. The summed E-state index contributed by atoms with van der Waals surface area (Å²) >= 11 is 0. The van der Waals surface area contributed by atoms with Crippen LogP contribution in [0, 0.1) is 28.6 Å². The van der Waals surface area contributed by atoms with Gasteiger partial charge in [0.05, 0.1) is 12.2 Å². The summed E-state index contributed by atoms with van der Waals surface area (Å²) in [6.07, 6.45) is 6.03. The lowest BCUT2D eigenvalue weighted by molar-refractivity contribution is -0.182. The fraction of sp³-hybridized carbons (Fsp3) is 0.857. The Hall–Kier alpha value is -0.750. The largest absolute Gasteiger partial charge is 0.393 e. The number of aliphatic hydroxyl groups is 4. The molecule has 0 aromatic rings. The van der Waals surface area contributed by atoms with E-state index in [1.807, 2.05) is 13.0 Å². The molecule has 146 valence electrons. The van der Waals surface area contributed by atoms with Gasteiger partial charge in [0.25, 0.3) is 0 Å². The first-order valence-corrected chi connectivity index (χ1v) is 10.1. The van der Waals surface area contributed by atoms with Crippen molar-refractivity contribution < 1.29 is 25.2 Å². The lowest BCUT2D eigenvalue weighted by Crippen LogP contribution is -2.62. The smallest absolute Gasteiger partial charge is 0.190 e. The van der Waals surface area contributed by atoms with Crippen LogP contribution in [0.3, 0.4) is 0 Å². The minimum atomic E-state index is -1.53. The van der Waals surface area contributed by atoms with Gasteiger partial charge in [-0.1, -0.05) is 25.5 Å². The van der Waals surface area contributed by atoms with Crippen molar-refractivity contribution in [3.8, 4) is 0 Å². The molecule has 5 heteroatoms. The normalized spacial score (nSPS) is 53.3. The average molecular weight is 364 g/mol. The average Bonchev–Trinajstić information content (AvgIpc) is 2.86. The number of carbonyl (C=O) groups is 1. The highest BCUT2D eigenvalue weighted by Crippen LogP contribution is 2.67. The molecule has 26 heavy (non-hydrogen) atoms. The van der Waals surface area contributed by atoms with Crippen LogP contribution in [-0.2, 0) is 4.79 Å². The first-order valence-electron chi connectivity index (χ1n) is 10.1. The van der Waals surface area contributed by atoms with Crippen LogP contribution in [0.25, 0.3) is 0 Å². The lowest BCUT2D eigenvalue weighted by Gasteiger charge is -2.60. The Kier molecular flexibility index (Phi) is 4.20. The number of allylic oxidation sites excluding steroid dienone is 1. The standard InChI is InChI=1S/C21H32O5/c1-19-7-5-13(23)9-12(19)3-4-14-15-6-8-21(26,17(25)11-22)20(15,2)10-16(24)18(14)19/h9,13-16,18,22-24,26H,3-8,10-11H2,1-2H3/t13?,14-,15-,16?,18+,19-,20-,21-/m0/s1. The van der Waals surface area contributed by atoms with Crippen LogP contribution in [0.2, 0.25) is 0 Å². The minimum absolute atomic E-state index is 0.107. The third-order valence-corrected chi connectivity index (χ3v) is 8.78. The molecular weight excluding hydrogens is 332 g/mol. The molecule has 3 fully saturated rings. The van der Waals surface area contributed by atoms with Gasteiger partial charge in [-0.25, -0.2) is 0 Å². The molecule has 0 bridgehead atoms. The number of ketones is 1. The van der Waals surface area contributed by atoms with Crippen molar-refractivity contribution in [2.45, 2.75) is 76.6 Å². The Bertz CT molecular complexity index is 644. The van der Waals surface area contributed by atoms with Crippen LogP contribution in [0.1, 0.15) is 58.8 Å². The van der Waals surface area contributed by atoms with Crippen LogP contribution >= 0.6 is 0 Å². The number of fused-ring (bicyclic) bond motifs is 5. The highest BCUT2D eigenvalue weighted by atomic mass is 16.3. The predicted octanol–water partition coefficient (Wildman–Crippen LogP) is 1.57. The van der Waals surface area contributed by atoms with Gasteiger partial charge in [-0.05, 0) is 68.1 Å². The van der Waals surface area contributed by atoms with Gasteiger partial charge in [0.2, 0.25) is 0 Å². The van der Waals surface area contributed by atoms with Crippen molar-refractivity contribution in [1.82, 2.24) is 0 Å². The second-order valence-corrected chi connectivity index (χ2v) is 9.72. The van der Waals surface area contributed by atoms with E-state index >= 15 is 0 Å². The van der Waals surface area contributed by atoms with E-state index in [0.717, 1.165) is 32.1 Å². The maximum Gasteiger partial charge on any atom is 0.190 e. The molecular formula is C21H32O5. The van der Waals surface area contributed by atoms with Gasteiger partial charge >= 0.3 is 0 Å². The number of hydrogen-bond acceptors (Lipinski definition) is 5. The number of hydrogen-bond donors (Lipinski definition) is 4. The Labute approximate surface area is 155 Å². The van der Waals surface area contributed by atoms with E-state index in [4.69, 9.17) is 0 Å². The van der Waals surface area contributed by atoms with Gasteiger partial charge < -0.3 is 20.4 Å². The van der Waals surface area contributed by atoms with E-state index in [9.17, 15) is 25.2 Å². The van der Waals surface area contributed by atoms with E-state index in [0.29, 0.717) is 12.8 Å². The van der Waals surface area contributed by atoms with E-state index in [1.54, 1.807) is 0 Å². The second kappa shape index (κ2) is 5.87. The maximum absolute atomic E-state index is 12.4. The fourth-order valence-corrected chi connectivity index (χ4v) is 7.43. The monoisotopic (exact) mass is 364 g/mol. The third-order valence-electron chi connectivity index (χ3n) is 8.78. The molecule has 4 aliphatic carbocycles. The Morgan fingerprint density at radius 3 is 2.62 bits per heavy atom. The molecule has 4 aliphatic rings. The summed E-state index contributed by atoms with van der Waals surface area (Å²) < 4.78 is 0. The first-order chi connectivity index (χ1) is 12.2. The highest BCUT2D eigenvalue weighted by molar-refractivity contribution is 5.89. The summed E-state index contributed by atoms with van der Waals surface area (Å²) in [5, 5.41) is 41.8. The summed E-state index contributed by atoms with van der Waals surface area (Å²) in [4.78, 5) is 12.4. The van der Waals surface area contributed by atoms with E-state index < -0.39 is 29.5 Å². The molecule has 2 unspecified atom stereocenters. The van der Waals surface area contributed by atoms with Crippen molar-refractivity contribution in [1.29, 1.82) is 0 Å². The molecule has 0 heterocycles. The van der Waals surface area contributed by atoms with Crippen LogP contribution in [0.15, 0.2) is 11.6 Å². The Morgan fingerprint density at radius 1 is 1.19 bits per heavy atom. The molecule has 4 rings (SSSR count). The van der Waals surface area contributed by atoms with Gasteiger partial charge in [-0.2, -0.15) is 0 Å². The van der Waals surface area contributed by atoms with Gasteiger partial charge in [0, 0.05) is 5.41 Å². The van der Waals surface area contributed by atoms with Crippen LogP contribution in [-0.4, -0.2) is 50.6 Å². The van der Waals surface area contributed by atoms with Gasteiger partial charge in [-0.3, -0.25) is 4.79 Å². The van der Waals surface area contributed by atoms with Gasteiger partial charge in [-0.15, -0.1) is 0 Å². The SMILES string of the molecule is C[C@]12CCC(O)C=C1CC[C@@H]1[C@@H]2C(O)C[C@@]2(C)[C@H]1CC[C@]2(O)C(=O)CO. The highest BCUT2D eigenvalue weighted by Gasteiger charge is 2.68. The topological polar surface area (TPSA) is 98.0 Å². The lowest BCUT2D eigenvalue weighted by atomic mass is 9.45. The molecule has 0 saturated heterocycles. The van der Waals surface area contributed by atoms with E-state index in [2.05, 4.69) is 6.92 Å². The minimum Gasteiger partial charge on any atom is -0.393 e. The van der Waals surface area contributed by atoms with Gasteiger partial charge in [0.15, 0.2) is 5.78 Å².